The summed E-state index contributed by atoms with van der Waals surface area (Å²) >= 11 is 5.79. The number of imidazole rings is 1. The molecule has 0 fully saturated rings. The van der Waals surface area contributed by atoms with Gasteiger partial charge in [0.05, 0.1) is 10.6 Å². The predicted octanol–water partition coefficient (Wildman–Crippen LogP) is 2.83. The zero-order valence-corrected chi connectivity index (χ0v) is 11.2. The number of hydrogen-bond donors (Lipinski definition) is 1. The van der Waals surface area contributed by atoms with Gasteiger partial charge in [0, 0.05) is 26.5 Å². The van der Waals surface area contributed by atoms with Crippen molar-refractivity contribution >= 4 is 23.1 Å². The van der Waals surface area contributed by atoms with Crippen molar-refractivity contribution in [3.63, 3.8) is 0 Å². The summed E-state index contributed by atoms with van der Waals surface area (Å²) in [7, 11) is 3.14. The molecule has 5 nitrogen and oxygen atoms in total. The van der Waals surface area contributed by atoms with Gasteiger partial charge in [-0.25, -0.2) is 4.98 Å². The first kappa shape index (κ1) is 14.6. The molecule has 0 spiro atoms. The highest BCUT2D eigenvalue weighted by Gasteiger charge is 2.32. The van der Waals surface area contributed by atoms with Crippen molar-refractivity contribution in [1.29, 1.82) is 5.41 Å². The van der Waals surface area contributed by atoms with Crippen molar-refractivity contribution < 1.29 is 18.0 Å². The Balaban J connectivity index is 2.49. The molecule has 0 atom stereocenters. The molecular formula is C11H10ClF3N4O. The molecule has 0 amide bonds. The van der Waals surface area contributed by atoms with Crippen LogP contribution < -0.4 is 0 Å². The Morgan fingerprint density at radius 2 is 2.05 bits per heavy atom. The van der Waals surface area contributed by atoms with E-state index in [9.17, 15) is 13.2 Å². The van der Waals surface area contributed by atoms with E-state index in [1.807, 2.05) is 0 Å². The lowest BCUT2D eigenvalue weighted by atomic mass is 10.3. The summed E-state index contributed by atoms with van der Waals surface area (Å²) in [6.45, 7) is 0. The molecule has 20 heavy (non-hydrogen) atoms. The average molecular weight is 307 g/mol. The van der Waals surface area contributed by atoms with E-state index in [4.69, 9.17) is 21.8 Å². The lowest BCUT2D eigenvalue weighted by Gasteiger charge is -2.09. The molecule has 0 radical (unpaired) electrons. The van der Waals surface area contributed by atoms with Gasteiger partial charge >= 0.3 is 6.18 Å². The fourth-order valence-corrected chi connectivity index (χ4v) is 1.81. The summed E-state index contributed by atoms with van der Waals surface area (Å²) in [4.78, 5) is 8.95. The minimum Gasteiger partial charge on any atom is -0.384 e. The first-order valence-electron chi connectivity index (χ1n) is 5.38. The molecule has 0 aliphatic rings. The van der Waals surface area contributed by atoms with Crippen LogP contribution in [0, 0.1) is 5.41 Å². The first-order chi connectivity index (χ1) is 9.18. The Hall–Kier alpha value is -1.80. The Kier molecular flexibility index (Phi) is 3.61. The maximum atomic E-state index is 12.7. The first-order valence-corrected chi connectivity index (χ1v) is 5.76. The van der Waals surface area contributed by atoms with Gasteiger partial charge < -0.3 is 9.24 Å². The minimum atomic E-state index is -4.50. The standard InChI is InChI=1S/C11H10ClF3N4O/c1-18(2)20-9(16)8-5-19-4-6(11(13,14)15)3-7(12)10(19)17-8/h3-5,16H,1-2H3. The molecule has 2 aromatic rings. The van der Waals surface area contributed by atoms with Crippen molar-refractivity contribution in [2.24, 2.45) is 0 Å². The van der Waals surface area contributed by atoms with Crippen molar-refractivity contribution in [1.82, 2.24) is 14.4 Å². The van der Waals surface area contributed by atoms with Crippen LogP contribution in [0.25, 0.3) is 5.65 Å². The van der Waals surface area contributed by atoms with E-state index in [1.54, 1.807) is 14.1 Å². The van der Waals surface area contributed by atoms with Crippen LogP contribution >= 0.6 is 11.6 Å². The van der Waals surface area contributed by atoms with E-state index >= 15 is 0 Å². The average Bonchev–Trinajstić information content (AvgIpc) is 2.71. The number of rotatable bonds is 2. The topological polar surface area (TPSA) is 53.6 Å². The second-order valence-electron chi connectivity index (χ2n) is 4.16. The number of pyridine rings is 1. The zero-order valence-electron chi connectivity index (χ0n) is 10.5. The quantitative estimate of drug-likeness (QED) is 0.527. The van der Waals surface area contributed by atoms with Gasteiger partial charge in [-0.05, 0) is 6.07 Å². The molecule has 0 saturated heterocycles. The van der Waals surface area contributed by atoms with Crippen LogP contribution in [0.1, 0.15) is 11.3 Å². The Labute approximate surface area is 117 Å². The largest absolute Gasteiger partial charge is 0.417 e. The van der Waals surface area contributed by atoms with Crippen LogP contribution in [0.15, 0.2) is 18.5 Å². The van der Waals surface area contributed by atoms with Crippen LogP contribution in [-0.4, -0.2) is 34.4 Å². The normalized spacial score (nSPS) is 12.2. The SMILES string of the molecule is CN(C)OC(=N)c1cn2cc(C(F)(F)F)cc(Cl)c2n1. The molecule has 0 saturated carbocycles. The molecule has 2 heterocycles. The number of halogens is 4. The van der Waals surface area contributed by atoms with E-state index < -0.39 is 11.7 Å². The summed E-state index contributed by atoms with van der Waals surface area (Å²) in [5.74, 6) is -0.289. The van der Waals surface area contributed by atoms with E-state index in [-0.39, 0.29) is 22.3 Å². The van der Waals surface area contributed by atoms with E-state index in [2.05, 4.69) is 4.98 Å². The highest BCUT2D eigenvalue weighted by atomic mass is 35.5. The number of nitrogens with one attached hydrogen (secondary N) is 1. The highest BCUT2D eigenvalue weighted by Crippen LogP contribution is 2.32. The third-order valence-electron chi connectivity index (χ3n) is 2.34. The van der Waals surface area contributed by atoms with Crippen molar-refractivity contribution in [3.05, 3.63) is 34.7 Å². The van der Waals surface area contributed by atoms with Crippen LogP contribution in [0.4, 0.5) is 13.2 Å². The van der Waals surface area contributed by atoms with Gasteiger partial charge in [0.15, 0.2) is 5.65 Å². The summed E-state index contributed by atoms with van der Waals surface area (Å²) in [6, 6.07) is 0.796. The Bertz CT molecular complexity index is 665. The number of nitrogens with zero attached hydrogens (tertiary/aromatic N) is 3. The maximum absolute atomic E-state index is 12.7. The molecular weight excluding hydrogens is 297 g/mol. The summed E-state index contributed by atoms with van der Waals surface area (Å²) < 4.78 is 39.1. The third-order valence-corrected chi connectivity index (χ3v) is 2.62. The van der Waals surface area contributed by atoms with Crippen molar-refractivity contribution in [2.75, 3.05) is 14.1 Å². The van der Waals surface area contributed by atoms with Crippen LogP contribution in [0.2, 0.25) is 5.02 Å². The number of fused-ring (bicyclic) bond motifs is 1. The van der Waals surface area contributed by atoms with Crippen LogP contribution in [0.5, 0.6) is 0 Å². The molecule has 2 aromatic heterocycles. The summed E-state index contributed by atoms with van der Waals surface area (Å²) in [5.41, 5.74) is -0.680. The van der Waals surface area contributed by atoms with Gasteiger partial charge in [-0.15, -0.1) is 5.06 Å². The van der Waals surface area contributed by atoms with E-state index in [1.165, 1.54) is 11.3 Å². The molecule has 0 aromatic carbocycles. The molecule has 2 rings (SSSR count). The predicted molar refractivity (Wildman–Crippen MR) is 66.8 cm³/mol. The number of aromatic nitrogens is 2. The molecule has 0 unspecified atom stereocenters. The number of hydrogen-bond acceptors (Lipinski definition) is 4. The maximum Gasteiger partial charge on any atom is 0.417 e. The zero-order chi connectivity index (χ0) is 15.1. The molecule has 0 aliphatic carbocycles. The fourth-order valence-electron chi connectivity index (χ4n) is 1.55. The number of alkyl halides is 3. The smallest absolute Gasteiger partial charge is 0.384 e. The molecule has 0 bridgehead atoms. The molecule has 9 heteroatoms. The molecule has 0 aliphatic heterocycles. The second-order valence-corrected chi connectivity index (χ2v) is 4.57. The highest BCUT2D eigenvalue weighted by molar-refractivity contribution is 6.33. The van der Waals surface area contributed by atoms with Gasteiger partial charge in [-0.3, -0.25) is 5.41 Å². The van der Waals surface area contributed by atoms with Crippen LogP contribution in [-0.2, 0) is 11.0 Å². The Morgan fingerprint density at radius 1 is 1.40 bits per heavy atom. The summed E-state index contributed by atoms with van der Waals surface area (Å²) in [5, 5.41) is 8.76. The monoisotopic (exact) mass is 306 g/mol. The van der Waals surface area contributed by atoms with Crippen LogP contribution in [0.3, 0.4) is 0 Å². The summed E-state index contributed by atoms with van der Waals surface area (Å²) in [6.07, 6.45) is -2.39. The van der Waals surface area contributed by atoms with Crippen molar-refractivity contribution in [2.45, 2.75) is 6.18 Å². The number of hydroxylamine groups is 2. The Morgan fingerprint density at radius 3 is 2.60 bits per heavy atom. The third kappa shape index (κ3) is 2.86. The van der Waals surface area contributed by atoms with Gasteiger partial charge in [0.2, 0.25) is 0 Å². The van der Waals surface area contributed by atoms with Gasteiger partial charge in [0.1, 0.15) is 5.69 Å². The fraction of sp³-hybridized carbons (Fsp3) is 0.273. The van der Waals surface area contributed by atoms with E-state index in [0.29, 0.717) is 0 Å². The lowest BCUT2D eigenvalue weighted by molar-refractivity contribution is -0.137. The lowest BCUT2D eigenvalue weighted by Crippen LogP contribution is -2.18. The van der Waals surface area contributed by atoms with Gasteiger partial charge in [-0.2, -0.15) is 13.2 Å². The van der Waals surface area contributed by atoms with Crippen molar-refractivity contribution in [3.8, 4) is 0 Å². The van der Waals surface area contributed by atoms with Gasteiger partial charge in [0.25, 0.3) is 5.90 Å². The minimum absolute atomic E-state index is 0.0833. The second kappa shape index (κ2) is 4.95. The molecule has 1 N–H and O–H groups in total. The van der Waals surface area contributed by atoms with E-state index in [0.717, 1.165) is 16.7 Å². The van der Waals surface area contributed by atoms with Gasteiger partial charge in [-0.1, -0.05) is 11.6 Å². The molecule has 108 valence electrons.